The number of unbranched alkanes of at least 4 members (excludes halogenated alkanes) is 2. The van der Waals surface area contributed by atoms with Crippen molar-refractivity contribution in [3.63, 3.8) is 0 Å². The topological polar surface area (TPSA) is 0 Å². The fourth-order valence-electron chi connectivity index (χ4n) is 3.55. The zero-order valence-electron chi connectivity index (χ0n) is 17.7. The fraction of sp³-hybridized carbons (Fsp3) is 0.714. The van der Waals surface area contributed by atoms with Gasteiger partial charge in [-0.1, -0.05) is 92.2 Å². The van der Waals surface area contributed by atoms with Crippen LogP contribution < -0.4 is 49.6 Å². The molecule has 0 atom stereocenters. The fourth-order valence-corrected chi connectivity index (χ4v) is 7.00. The van der Waals surface area contributed by atoms with E-state index in [0.717, 1.165) is 11.3 Å². The number of rotatable bonds is 10. The first kappa shape index (κ1) is 39.2. The van der Waals surface area contributed by atoms with Crippen molar-refractivity contribution >= 4 is 7.92 Å². The van der Waals surface area contributed by atoms with Crippen LogP contribution in [0.5, 0.6) is 0 Å². The largest absolute Gasteiger partial charge is 4.00 e. The maximum atomic E-state index is 2.44. The van der Waals surface area contributed by atoms with E-state index in [1.54, 1.807) is 5.57 Å². The molecular weight excluding hydrogens is 516 g/mol. The van der Waals surface area contributed by atoms with Crippen LogP contribution >= 0.6 is 7.92 Å². The zero-order chi connectivity index (χ0) is 16.5. The van der Waals surface area contributed by atoms with E-state index in [2.05, 4.69) is 65.8 Å². The molecule has 0 nitrogen and oxygen atoms in total. The van der Waals surface area contributed by atoms with Crippen molar-refractivity contribution in [2.75, 3.05) is 0 Å². The van der Waals surface area contributed by atoms with Crippen molar-refractivity contribution in [1.82, 2.24) is 0 Å². The normalized spacial score (nSPS) is 13.4. The maximum absolute atomic E-state index is 2.44. The van der Waals surface area contributed by atoms with Gasteiger partial charge in [-0.25, -0.2) is 0 Å². The molecule has 27 heavy (non-hydrogen) atoms. The molecule has 0 fully saturated rings. The van der Waals surface area contributed by atoms with Crippen LogP contribution in [0.15, 0.2) is 35.2 Å². The third-order valence-corrected chi connectivity index (χ3v) is 7.87. The number of hydrogen-bond acceptors (Lipinski definition) is 0. The van der Waals surface area contributed by atoms with Gasteiger partial charge in [-0.05, 0) is 42.3 Å². The van der Waals surface area contributed by atoms with Gasteiger partial charge in [-0.3, -0.25) is 0 Å². The molecule has 1 aliphatic rings. The van der Waals surface area contributed by atoms with Gasteiger partial charge in [-0.15, -0.1) is 0 Å². The molecule has 158 valence electrons. The molecule has 6 heteroatoms. The predicted molar refractivity (Wildman–Crippen MR) is 105 cm³/mol. The maximum Gasteiger partial charge on any atom is 4.00 e. The first-order valence-corrected chi connectivity index (χ1v) is 10.9. The number of halogens is 4. The Kier molecular flexibility index (Phi) is 32.5. The summed E-state index contributed by atoms with van der Waals surface area (Å²) in [6.45, 7) is 14.4. The minimum Gasteiger partial charge on any atom is -1.00 e. The minimum absolute atomic E-state index is 0. The van der Waals surface area contributed by atoms with Gasteiger partial charge in [0.25, 0.3) is 0 Å². The van der Waals surface area contributed by atoms with Crippen molar-refractivity contribution in [3.05, 3.63) is 35.2 Å². The average Bonchev–Trinajstić information content (AvgIpc) is 2.97. The van der Waals surface area contributed by atoms with Crippen molar-refractivity contribution in [2.24, 2.45) is 5.92 Å². The van der Waals surface area contributed by atoms with Gasteiger partial charge in [0.15, 0.2) is 0 Å². The SMILES string of the molecule is CCCCC(=C(CCCC)P(C(C)C)C(C)C)C1C=CC=C1.[Cl-].[Cl-].[Cl-].[Cl-].[Zr+4]. The predicted octanol–water partition coefficient (Wildman–Crippen LogP) is -4.32. The average molecular weight is 554 g/mol. The second-order valence-electron chi connectivity index (χ2n) is 7.07. The third-order valence-electron chi connectivity index (χ3n) is 4.51. The van der Waals surface area contributed by atoms with Crippen LogP contribution in [-0.2, 0) is 26.2 Å². The van der Waals surface area contributed by atoms with Crippen molar-refractivity contribution in [1.29, 1.82) is 0 Å². The Morgan fingerprint density at radius 1 is 0.778 bits per heavy atom. The molecule has 0 radical (unpaired) electrons. The molecule has 0 N–H and O–H groups in total. The summed E-state index contributed by atoms with van der Waals surface area (Å²) in [4.78, 5) is 0. The van der Waals surface area contributed by atoms with E-state index in [0.29, 0.717) is 5.92 Å². The van der Waals surface area contributed by atoms with Gasteiger partial charge < -0.3 is 49.6 Å². The van der Waals surface area contributed by atoms with Crippen LogP contribution in [0.3, 0.4) is 0 Å². The Balaban J connectivity index is -0.000000323. The third kappa shape index (κ3) is 13.6. The van der Waals surface area contributed by atoms with Gasteiger partial charge in [0.2, 0.25) is 0 Å². The molecular formula is C21H37Cl4PZr. The Labute approximate surface area is 214 Å². The Morgan fingerprint density at radius 2 is 1.19 bits per heavy atom. The molecule has 0 aromatic rings. The second-order valence-corrected chi connectivity index (χ2v) is 10.5. The van der Waals surface area contributed by atoms with Gasteiger partial charge >= 0.3 is 26.2 Å². The molecule has 0 saturated carbocycles. The Morgan fingerprint density at radius 3 is 1.56 bits per heavy atom. The van der Waals surface area contributed by atoms with E-state index in [4.69, 9.17) is 0 Å². The van der Waals surface area contributed by atoms with Crippen LogP contribution in [-0.4, -0.2) is 11.3 Å². The molecule has 0 unspecified atom stereocenters. The molecule has 1 aliphatic carbocycles. The molecule has 0 saturated heterocycles. The van der Waals surface area contributed by atoms with Crippen LogP contribution in [0, 0.1) is 5.92 Å². The summed E-state index contributed by atoms with van der Waals surface area (Å²) in [6, 6.07) is 0. The quantitative estimate of drug-likeness (QED) is 0.240. The molecule has 0 heterocycles. The summed E-state index contributed by atoms with van der Waals surface area (Å²) in [5.74, 6) is 0.584. The molecule has 1 rings (SSSR count). The van der Waals surface area contributed by atoms with E-state index in [9.17, 15) is 0 Å². The monoisotopic (exact) mass is 550 g/mol. The van der Waals surface area contributed by atoms with Gasteiger partial charge in [0.05, 0.1) is 0 Å². The zero-order valence-corrected chi connectivity index (χ0v) is 24.1. The van der Waals surface area contributed by atoms with Crippen LogP contribution in [0.1, 0.15) is 80.1 Å². The van der Waals surface area contributed by atoms with Crippen LogP contribution in [0.25, 0.3) is 0 Å². The molecule has 0 spiro atoms. The smallest absolute Gasteiger partial charge is 1.00 e. The van der Waals surface area contributed by atoms with Crippen molar-refractivity contribution in [2.45, 2.75) is 91.4 Å². The van der Waals surface area contributed by atoms with Gasteiger partial charge in [-0.2, -0.15) is 0 Å². The molecule has 0 bridgehead atoms. The minimum atomic E-state index is -0.0139. The van der Waals surface area contributed by atoms with E-state index in [1.807, 2.05) is 5.31 Å². The van der Waals surface area contributed by atoms with Gasteiger partial charge in [0, 0.05) is 5.92 Å². The molecule has 0 aromatic carbocycles. The van der Waals surface area contributed by atoms with E-state index in [-0.39, 0.29) is 83.8 Å². The van der Waals surface area contributed by atoms with Gasteiger partial charge in [0.1, 0.15) is 0 Å². The van der Waals surface area contributed by atoms with E-state index >= 15 is 0 Å². The summed E-state index contributed by atoms with van der Waals surface area (Å²) < 4.78 is 0. The van der Waals surface area contributed by atoms with Crippen molar-refractivity contribution in [3.8, 4) is 0 Å². The van der Waals surface area contributed by atoms with Crippen LogP contribution in [0.2, 0.25) is 0 Å². The summed E-state index contributed by atoms with van der Waals surface area (Å²) in [6.07, 6.45) is 17.2. The first-order chi connectivity index (χ1) is 10.5. The van der Waals surface area contributed by atoms with E-state index < -0.39 is 0 Å². The van der Waals surface area contributed by atoms with E-state index in [1.165, 1.54) is 38.5 Å². The summed E-state index contributed by atoms with van der Waals surface area (Å²) in [5.41, 5.74) is 3.37. The summed E-state index contributed by atoms with van der Waals surface area (Å²) >= 11 is 0. The molecule has 0 aliphatic heterocycles. The first-order valence-electron chi connectivity index (χ1n) is 9.38. The van der Waals surface area contributed by atoms with Crippen molar-refractivity contribution < 1.29 is 75.8 Å². The molecule has 0 aromatic heterocycles. The molecule has 0 amide bonds. The summed E-state index contributed by atoms with van der Waals surface area (Å²) in [5, 5.41) is 1.86. The number of allylic oxidation sites excluding steroid dienone is 6. The Bertz CT molecular complexity index is 400. The Hall–Kier alpha value is 1.69. The number of hydrogen-bond donors (Lipinski definition) is 0. The standard InChI is InChI=1S/C21H37P.4ClH.Zr/c1-7-9-15-20(19-13-11-12-14-19)21(16-10-8-2)22(17(3)4)18(5)6;;;;;/h11-14,17-19H,7-10,15-16H2,1-6H3;4*1H;/q;;;;;+4/p-4. The summed E-state index contributed by atoms with van der Waals surface area (Å²) in [7, 11) is -0.0139. The van der Waals surface area contributed by atoms with Crippen LogP contribution in [0.4, 0.5) is 0 Å². The second kappa shape index (κ2) is 22.4.